The normalized spacial score (nSPS) is 14.9. The van der Waals surface area contributed by atoms with Crippen LogP contribution in [0.1, 0.15) is 11.1 Å². The molecule has 0 saturated heterocycles. The van der Waals surface area contributed by atoms with Crippen molar-refractivity contribution in [2.45, 2.75) is 6.92 Å². The molecule has 1 nitrogen and oxygen atoms in total. The van der Waals surface area contributed by atoms with Crippen molar-refractivity contribution in [2.24, 2.45) is 0 Å². The van der Waals surface area contributed by atoms with Gasteiger partial charge in [-0.25, -0.2) is 0 Å². The molecule has 0 saturated carbocycles. The highest BCUT2D eigenvalue weighted by molar-refractivity contribution is 5.88. The van der Waals surface area contributed by atoms with E-state index in [4.69, 9.17) is 0 Å². The maximum Gasteiger partial charge on any atom is 0.0534 e. The first kappa shape index (κ1) is 19.8. The third-order valence-corrected chi connectivity index (χ3v) is 5.88. The Morgan fingerprint density at radius 3 is 1.91 bits per heavy atom. The first-order valence-corrected chi connectivity index (χ1v) is 10.9. The summed E-state index contributed by atoms with van der Waals surface area (Å²) in [4.78, 5) is 2.22. The molecule has 154 valence electrons. The van der Waals surface area contributed by atoms with Crippen LogP contribution in [-0.4, -0.2) is 0 Å². The van der Waals surface area contributed by atoms with Gasteiger partial charge in [0.1, 0.15) is 0 Å². The zero-order valence-corrected chi connectivity index (χ0v) is 18.2. The summed E-state index contributed by atoms with van der Waals surface area (Å²) in [6, 6.07) is 34.5. The van der Waals surface area contributed by atoms with Crippen molar-refractivity contribution in [3.8, 4) is 22.3 Å². The Hall–Kier alpha value is -4.10. The van der Waals surface area contributed by atoms with E-state index in [9.17, 15) is 0 Å². The molecule has 32 heavy (non-hydrogen) atoms. The quantitative estimate of drug-likeness (QED) is 0.326. The number of allylic oxidation sites excluding steroid dienone is 4. The molecule has 1 aliphatic heterocycles. The SMILES string of the molecule is C=C1/C=C\C=C/N(c2ccccc2)c2ccc(-c3ccc(-c4ccc(C)cc4)cc3)cc21. The van der Waals surface area contributed by atoms with E-state index in [0.717, 1.165) is 22.5 Å². The Morgan fingerprint density at radius 2 is 1.22 bits per heavy atom. The van der Waals surface area contributed by atoms with Gasteiger partial charge in [-0.3, -0.25) is 0 Å². The summed E-state index contributed by atoms with van der Waals surface area (Å²) in [6.07, 6.45) is 8.28. The molecule has 0 bridgehead atoms. The van der Waals surface area contributed by atoms with Crippen molar-refractivity contribution >= 4 is 16.9 Å². The van der Waals surface area contributed by atoms with Crippen molar-refractivity contribution in [1.82, 2.24) is 0 Å². The summed E-state index contributed by atoms with van der Waals surface area (Å²) in [5, 5.41) is 0. The van der Waals surface area contributed by atoms with Gasteiger partial charge in [-0.2, -0.15) is 0 Å². The Morgan fingerprint density at radius 1 is 0.625 bits per heavy atom. The molecule has 1 aliphatic rings. The number of hydrogen-bond donors (Lipinski definition) is 0. The number of aryl methyl sites for hydroxylation is 1. The van der Waals surface area contributed by atoms with Crippen molar-refractivity contribution in [2.75, 3.05) is 4.90 Å². The van der Waals surface area contributed by atoms with E-state index in [2.05, 4.69) is 128 Å². The molecule has 0 amide bonds. The lowest BCUT2D eigenvalue weighted by molar-refractivity contribution is 1.27. The minimum Gasteiger partial charge on any atom is -0.317 e. The Labute approximate surface area is 190 Å². The molecule has 5 rings (SSSR count). The number of fused-ring (bicyclic) bond motifs is 1. The number of anilines is 2. The molecule has 1 heteroatoms. The summed E-state index contributed by atoms with van der Waals surface area (Å²) >= 11 is 0. The molecule has 0 unspecified atom stereocenters. The van der Waals surface area contributed by atoms with Gasteiger partial charge in [-0.1, -0.05) is 97.1 Å². The van der Waals surface area contributed by atoms with E-state index < -0.39 is 0 Å². The average Bonchev–Trinajstić information content (AvgIpc) is 2.84. The number of rotatable bonds is 3. The van der Waals surface area contributed by atoms with Gasteiger partial charge in [0.15, 0.2) is 0 Å². The Balaban J connectivity index is 1.53. The lowest BCUT2D eigenvalue weighted by atomic mass is 9.95. The van der Waals surface area contributed by atoms with Gasteiger partial charge in [0.25, 0.3) is 0 Å². The van der Waals surface area contributed by atoms with Gasteiger partial charge < -0.3 is 4.90 Å². The largest absolute Gasteiger partial charge is 0.317 e. The van der Waals surface area contributed by atoms with Gasteiger partial charge in [0.05, 0.1) is 5.69 Å². The second kappa shape index (κ2) is 8.56. The van der Waals surface area contributed by atoms with E-state index in [0.29, 0.717) is 0 Å². The minimum absolute atomic E-state index is 1.00. The lowest BCUT2D eigenvalue weighted by Gasteiger charge is -2.25. The first-order chi connectivity index (χ1) is 15.7. The van der Waals surface area contributed by atoms with E-state index in [1.807, 2.05) is 12.1 Å². The smallest absolute Gasteiger partial charge is 0.0534 e. The summed E-state index contributed by atoms with van der Waals surface area (Å²) in [5.74, 6) is 0. The second-order valence-corrected chi connectivity index (χ2v) is 8.11. The highest BCUT2D eigenvalue weighted by atomic mass is 15.1. The lowest BCUT2D eigenvalue weighted by Crippen LogP contribution is -2.11. The topological polar surface area (TPSA) is 3.24 Å². The van der Waals surface area contributed by atoms with Crippen molar-refractivity contribution in [3.05, 3.63) is 139 Å². The Kier molecular flexibility index (Phi) is 5.31. The van der Waals surface area contributed by atoms with Crippen LogP contribution in [-0.2, 0) is 0 Å². The summed E-state index contributed by atoms with van der Waals surface area (Å²) in [7, 11) is 0. The number of nitrogens with zero attached hydrogens (tertiary/aromatic N) is 1. The van der Waals surface area contributed by atoms with Crippen LogP contribution in [0, 0.1) is 6.92 Å². The molecular formula is C31H25N. The molecule has 0 aromatic heterocycles. The van der Waals surface area contributed by atoms with Crippen LogP contribution in [0.3, 0.4) is 0 Å². The fourth-order valence-corrected chi connectivity index (χ4v) is 4.08. The number of hydrogen-bond acceptors (Lipinski definition) is 1. The molecule has 0 N–H and O–H groups in total. The van der Waals surface area contributed by atoms with Crippen LogP contribution in [0.5, 0.6) is 0 Å². The zero-order chi connectivity index (χ0) is 21.9. The monoisotopic (exact) mass is 411 g/mol. The van der Waals surface area contributed by atoms with Gasteiger partial charge >= 0.3 is 0 Å². The maximum atomic E-state index is 4.33. The van der Waals surface area contributed by atoms with Crippen LogP contribution in [0.4, 0.5) is 11.4 Å². The van der Waals surface area contributed by atoms with Gasteiger partial charge in [0.2, 0.25) is 0 Å². The average molecular weight is 412 g/mol. The molecule has 4 aromatic rings. The van der Waals surface area contributed by atoms with Crippen LogP contribution in [0.15, 0.2) is 128 Å². The molecule has 1 heterocycles. The van der Waals surface area contributed by atoms with Crippen molar-refractivity contribution in [3.63, 3.8) is 0 Å². The summed E-state index contributed by atoms with van der Waals surface area (Å²) < 4.78 is 0. The summed E-state index contributed by atoms with van der Waals surface area (Å²) in [6.45, 7) is 6.45. The molecule has 0 fully saturated rings. The van der Waals surface area contributed by atoms with E-state index in [-0.39, 0.29) is 0 Å². The van der Waals surface area contributed by atoms with Gasteiger partial charge in [0, 0.05) is 17.5 Å². The predicted molar refractivity (Wildman–Crippen MR) is 138 cm³/mol. The van der Waals surface area contributed by atoms with E-state index in [1.165, 1.54) is 27.8 Å². The van der Waals surface area contributed by atoms with Crippen LogP contribution in [0.25, 0.3) is 27.8 Å². The van der Waals surface area contributed by atoms with Crippen LogP contribution < -0.4 is 4.90 Å². The fraction of sp³-hybridized carbons (Fsp3) is 0.0323. The van der Waals surface area contributed by atoms with Gasteiger partial charge in [-0.05, 0) is 65.1 Å². The predicted octanol–water partition coefficient (Wildman–Crippen LogP) is 8.56. The van der Waals surface area contributed by atoms with Crippen molar-refractivity contribution in [1.29, 1.82) is 0 Å². The van der Waals surface area contributed by atoms with E-state index >= 15 is 0 Å². The molecule has 4 aromatic carbocycles. The molecule has 0 spiro atoms. The number of para-hydroxylation sites is 1. The molecule has 0 aliphatic carbocycles. The fourth-order valence-electron chi connectivity index (χ4n) is 4.08. The Bertz CT molecular complexity index is 1310. The third-order valence-electron chi connectivity index (χ3n) is 5.88. The second-order valence-electron chi connectivity index (χ2n) is 8.11. The standard InChI is InChI=1S/C31H25N/c1-23-11-13-25(14-12-23)26-15-17-27(18-16-26)28-19-20-31-30(22-28)24(2)8-6-7-21-32(31)29-9-4-3-5-10-29/h3-22H,2H2,1H3/b8-6-,21-7-. The molecular weight excluding hydrogens is 386 g/mol. The highest BCUT2D eigenvalue weighted by Gasteiger charge is 2.15. The first-order valence-electron chi connectivity index (χ1n) is 10.9. The maximum absolute atomic E-state index is 4.33. The zero-order valence-electron chi connectivity index (χ0n) is 18.2. The minimum atomic E-state index is 1.00. The summed E-state index contributed by atoms with van der Waals surface area (Å²) in [5.41, 5.74) is 10.5. The van der Waals surface area contributed by atoms with Crippen LogP contribution in [0.2, 0.25) is 0 Å². The number of benzene rings is 4. The van der Waals surface area contributed by atoms with Gasteiger partial charge in [-0.15, -0.1) is 0 Å². The third kappa shape index (κ3) is 3.93. The van der Waals surface area contributed by atoms with Crippen LogP contribution >= 0.6 is 0 Å². The molecule has 0 radical (unpaired) electrons. The highest BCUT2D eigenvalue weighted by Crippen LogP contribution is 2.37. The molecule has 0 atom stereocenters. The van der Waals surface area contributed by atoms with E-state index in [1.54, 1.807) is 0 Å². The van der Waals surface area contributed by atoms with Crippen molar-refractivity contribution < 1.29 is 0 Å².